The first-order valence-electron chi connectivity index (χ1n) is 7.51. The van der Waals surface area contributed by atoms with Gasteiger partial charge in [-0.1, -0.05) is 42.1 Å². The minimum absolute atomic E-state index is 0.149. The first kappa shape index (κ1) is 18.4. The summed E-state index contributed by atoms with van der Waals surface area (Å²) < 4.78 is 24.7. The molecule has 0 bridgehead atoms. The maximum Gasteiger partial charge on any atom is 0.288 e. The molecular weight excluding hydrogens is 330 g/mol. The Hall–Kier alpha value is -1.92. The Labute approximate surface area is 145 Å². The van der Waals surface area contributed by atoms with Gasteiger partial charge in [0.2, 0.25) is 0 Å². The lowest BCUT2D eigenvalue weighted by Crippen LogP contribution is -2.35. The Morgan fingerprint density at radius 1 is 1.08 bits per heavy atom. The van der Waals surface area contributed by atoms with Crippen molar-refractivity contribution >= 4 is 17.7 Å². The lowest BCUT2D eigenvalue weighted by Gasteiger charge is -2.23. The monoisotopic (exact) mass is 350 g/mol. The largest absolute Gasteiger partial charge is 0.344 e. The smallest absolute Gasteiger partial charge is 0.288 e. The molecule has 0 saturated carbocycles. The highest BCUT2D eigenvalue weighted by Gasteiger charge is 2.16. The maximum atomic E-state index is 12.5. The molecule has 0 saturated heterocycles. The zero-order chi connectivity index (χ0) is 17.5. The van der Waals surface area contributed by atoms with Gasteiger partial charge in [-0.3, -0.25) is 4.79 Å². The van der Waals surface area contributed by atoms with Crippen LogP contribution < -0.4 is 5.32 Å². The van der Waals surface area contributed by atoms with Crippen LogP contribution in [0.15, 0.2) is 59.5 Å². The first-order chi connectivity index (χ1) is 11.5. The second-order valence-corrected chi connectivity index (χ2v) is 6.67. The van der Waals surface area contributed by atoms with Crippen LogP contribution in [0.4, 0.5) is 8.78 Å². The fourth-order valence-electron chi connectivity index (χ4n) is 2.31. The van der Waals surface area contributed by atoms with E-state index in [0.29, 0.717) is 28.8 Å². The van der Waals surface area contributed by atoms with Gasteiger partial charge in [-0.25, -0.2) is 0 Å². The minimum Gasteiger partial charge on any atom is -0.344 e. The van der Waals surface area contributed by atoms with Gasteiger partial charge in [-0.15, -0.1) is 0 Å². The average Bonchev–Trinajstić information content (AvgIpc) is 2.54. The molecule has 0 spiro atoms. The Kier molecular flexibility index (Phi) is 6.75. The lowest BCUT2D eigenvalue weighted by molar-refractivity contribution is 0.0930. The Morgan fingerprint density at radius 3 is 2.25 bits per heavy atom. The summed E-state index contributed by atoms with van der Waals surface area (Å²) in [5, 5.41) is 3.01. The number of benzene rings is 2. The number of amides is 1. The molecular formula is C18H20F2N2OS. The molecule has 0 fully saturated rings. The van der Waals surface area contributed by atoms with E-state index in [0.717, 1.165) is 5.56 Å². The van der Waals surface area contributed by atoms with Crippen molar-refractivity contribution < 1.29 is 13.6 Å². The third-order valence-corrected chi connectivity index (χ3v) is 4.12. The average molecular weight is 350 g/mol. The van der Waals surface area contributed by atoms with Crippen molar-refractivity contribution in [2.45, 2.75) is 16.7 Å². The van der Waals surface area contributed by atoms with Crippen LogP contribution in [-0.4, -0.2) is 37.2 Å². The number of alkyl halides is 2. The molecule has 1 amide bonds. The topological polar surface area (TPSA) is 32.3 Å². The number of likely N-dealkylation sites (N-methyl/N-ethyl adjacent to an activating group) is 1. The van der Waals surface area contributed by atoms with Crippen molar-refractivity contribution in [3.63, 3.8) is 0 Å². The van der Waals surface area contributed by atoms with Crippen LogP contribution in [0.5, 0.6) is 0 Å². The predicted molar refractivity (Wildman–Crippen MR) is 93.5 cm³/mol. The van der Waals surface area contributed by atoms with E-state index in [1.807, 2.05) is 49.3 Å². The van der Waals surface area contributed by atoms with Gasteiger partial charge >= 0.3 is 0 Å². The van der Waals surface area contributed by atoms with Crippen LogP contribution in [0.25, 0.3) is 0 Å². The van der Waals surface area contributed by atoms with E-state index in [2.05, 4.69) is 5.32 Å². The van der Waals surface area contributed by atoms with Gasteiger partial charge in [0.25, 0.3) is 11.7 Å². The number of carbonyl (C=O) groups is 1. The summed E-state index contributed by atoms with van der Waals surface area (Å²) in [5.41, 5.74) is 1.47. The summed E-state index contributed by atoms with van der Waals surface area (Å²) in [6, 6.07) is 15.8. The molecule has 3 nitrogen and oxygen atoms in total. The number of halogens is 2. The van der Waals surface area contributed by atoms with Crippen molar-refractivity contribution in [1.29, 1.82) is 0 Å². The van der Waals surface area contributed by atoms with Crippen LogP contribution in [0.1, 0.15) is 22.0 Å². The van der Waals surface area contributed by atoms with Gasteiger partial charge in [-0.2, -0.15) is 8.78 Å². The van der Waals surface area contributed by atoms with Gasteiger partial charge in [0.05, 0.1) is 6.04 Å². The molecule has 24 heavy (non-hydrogen) atoms. The molecule has 0 radical (unpaired) electrons. The molecule has 1 unspecified atom stereocenters. The highest BCUT2D eigenvalue weighted by Crippen LogP contribution is 2.25. The molecule has 1 N–H and O–H groups in total. The number of hydrogen-bond donors (Lipinski definition) is 1. The van der Waals surface area contributed by atoms with Crippen LogP contribution in [0.2, 0.25) is 0 Å². The van der Waals surface area contributed by atoms with Gasteiger partial charge in [-0.05, 0) is 43.9 Å². The molecule has 0 aromatic heterocycles. The first-order valence-corrected chi connectivity index (χ1v) is 8.39. The highest BCUT2D eigenvalue weighted by molar-refractivity contribution is 7.99. The molecule has 0 aliphatic carbocycles. The number of thioether (sulfide) groups is 1. The Balaban J connectivity index is 2.09. The van der Waals surface area contributed by atoms with Gasteiger partial charge in [0.15, 0.2) is 0 Å². The van der Waals surface area contributed by atoms with Gasteiger partial charge in [0.1, 0.15) is 0 Å². The zero-order valence-corrected chi connectivity index (χ0v) is 14.4. The van der Waals surface area contributed by atoms with E-state index < -0.39 is 5.76 Å². The summed E-state index contributed by atoms with van der Waals surface area (Å²) in [5.74, 6) is -2.69. The van der Waals surface area contributed by atoms with E-state index >= 15 is 0 Å². The minimum atomic E-state index is -2.47. The van der Waals surface area contributed by atoms with E-state index in [-0.39, 0.29) is 11.9 Å². The fraction of sp³-hybridized carbons (Fsp3) is 0.278. The molecule has 0 heterocycles. The van der Waals surface area contributed by atoms with E-state index in [1.165, 1.54) is 12.1 Å². The third kappa shape index (κ3) is 5.62. The number of nitrogens with zero attached hydrogens (tertiary/aromatic N) is 1. The highest BCUT2D eigenvalue weighted by atomic mass is 32.2. The zero-order valence-electron chi connectivity index (χ0n) is 13.6. The second-order valence-electron chi connectivity index (χ2n) is 5.60. The Bertz CT molecular complexity index is 648. The van der Waals surface area contributed by atoms with E-state index in [4.69, 9.17) is 0 Å². The van der Waals surface area contributed by atoms with Gasteiger partial charge in [0, 0.05) is 17.0 Å². The van der Waals surface area contributed by atoms with Crippen molar-refractivity contribution in [2.24, 2.45) is 0 Å². The summed E-state index contributed by atoms with van der Waals surface area (Å²) in [6.45, 7) is 0.662. The number of carbonyl (C=O) groups excluding carboxylic acids is 1. The van der Waals surface area contributed by atoms with Crippen LogP contribution in [0, 0.1) is 0 Å². The van der Waals surface area contributed by atoms with E-state index in [1.54, 1.807) is 12.1 Å². The fourth-order valence-corrected chi connectivity index (χ4v) is 2.81. The van der Waals surface area contributed by atoms with Gasteiger partial charge < -0.3 is 10.2 Å². The number of nitrogens with one attached hydrogen (secondary N) is 1. The number of rotatable bonds is 7. The molecule has 0 aliphatic heterocycles. The second kappa shape index (κ2) is 8.80. The third-order valence-electron chi connectivity index (χ3n) is 3.40. The molecule has 0 aliphatic rings. The molecule has 2 aromatic carbocycles. The lowest BCUT2D eigenvalue weighted by atomic mass is 10.1. The molecule has 1 atom stereocenters. The van der Waals surface area contributed by atoms with Crippen LogP contribution in [0.3, 0.4) is 0 Å². The predicted octanol–water partition coefficient (Wildman–Crippen LogP) is 4.03. The van der Waals surface area contributed by atoms with Crippen molar-refractivity contribution in [2.75, 3.05) is 20.6 Å². The summed E-state index contributed by atoms with van der Waals surface area (Å²) >= 11 is 0.466. The van der Waals surface area contributed by atoms with Crippen molar-refractivity contribution in [3.05, 3.63) is 65.7 Å². The van der Waals surface area contributed by atoms with Crippen LogP contribution in [-0.2, 0) is 0 Å². The Morgan fingerprint density at radius 2 is 1.71 bits per heavy atom. The summed E-state index contributed by atoms with van der Waals surface area (Å²) in [4.78, 5) is 14.9. The molecule has 128 valence electrons. The maximum absolute atomic E-state index is 12.5. The molecule has 2 aromatic rings. The summed E-state index contributed by atoms with van der Waals surface area (Å²) in [6.07, 6.45) is 0. The van der Waals surface area contributed by atoms with Crippen LogP contribution >= 0.6 is 11.8 Å². The van der Waals surface area contributed by atoms with E-state index in [9.17, 15) is 13.6 Å². The summed E-state index contributed by atoms with van der Waals surface area (Å²) in [7, 11) is 3.89. The van der Waals surface area contributed by atoms with Crippen molar-refractivity contribution in [1.82, 2.24) is 10.2 Å². The quantitative estimate of drug-likeness (QED) is 0.765. The molecule has 2 rings (SSSR count). The standard InChI is InChI=1S/C18H20F2N2OS/c1-22(2)12-16(13-6-4-3-5-7-13)21-17(23)14-8-10-15(11-9-14)24-18(19)20/h3-11,16,18H,12H2,1-2H3,(H,21,23). The van der Waals surface area contributed by atoms with Crippen molar-refractivity contribution in [3.8, 4) is 0 Å². The molecule has 6 heteroatoms. The number of hydrogen-bond acceptors (Lipinski definition) is 3. The SMILES string of the molecule is CN(C)CC(NC(=O)c1ccc(SC(F)F)cc1)c1ccccc1. The normalized spacial score (nSPS) is 12.4.